The zero-order chi connectivity index (χ0) is 22.6. The van der Waals surface area contributed by atoms with Gasteiger partial charge < -0.3 is 35.3 Å². The molecule has 12 heteroatoms. The van der Waals surface area contributed by atoms with E-state index in [9.17, 15) is 20.6 Å². The lowest BCUT2D eigenvalue weighted by Crippen LogP contribution is -2.41. The molecular weight excluding hydrogens is 408 g/mol. The average Bonchev–Trinajstić information content (AvgIpc) is 3.31. The fraction of sp³-hybridized carbons (Fsp3) is 0.474. The molecule has 2 aromatic heterocycles. The number of nitrogens with two attached hydrogens (primary N) is 1. The van der Waals surface area contributed by atoms with Gasteiger partial charge in [-0.1, -0.05) is 12.2 Å². The van der Waals surface area contributed by atoms with Crippen molar-refractivity contribution in [3.8, 4) is 12.1 Å². The average molecular weight is 430 g/mol. The van der Waals surface area contributed by atoms with Gasteiger partial charge in [-0.15, -0.1) is 0 Å². The maximum absolute atomic E-state index is 10.6. The Kier molecular flexibility index (Phi) is 6.82. The number of nitriles is 2. The Labute approximate surface area is 177 Å². The standard InChI is InChI=1S/C19H22N6O6/c1-11(3-2-6-20)7-29-18(28)30-8-13-15(26)16(27)19(9-21,31-13)14-5-4-12-17(22)23-10-24-25(12)14/h4-5,10,13,15-16,18,26-28H,1-3,7-8H2,(H2,22,23,24)/t13-,15-,16-,18?,19+/m1/s1. The number of anilines is 1. The summed E-state index contributed by atoms with van der Waals surface area (Å²) in [6.07, 6.45) is -2.40. The molecule has 1 fully saturated rings. The molecule has 1 aliphatic heterocycles. The second-order valence-electron chi connectivity index (χ2n) is 6.96. The second-order valence-corrected chi connectivity index (χ2v) is 6.96. The summed E-state index contributed by atoms with van der Waals surface area (Å²) in [4.78, 5) is 3.87. The van der Waals surface area contributed by atoms with E-state index in [1.807, 2.05) is 12.1 Å². The minimum absolute atomic E-state index is 0.0288. The highest BCUT2D eigenvalue weighted by Crippen LogP contribution is 2.40. The third-order valence-electron chi connectivity index (χ3n) is 4.91. The molecule has 2 aromatic rings. The zero-order valence-electron chi connectivity index (χ0n) is 16.5. The largest absolute Gasteiger partial charge is 0.387 e. The molecule has 0 spiro atoms. The maximum Gasteiger partial charge on any atom is 0.269 e. The summed E-state index contributed by atoms with van der Waals surface area (Å²) in [6, 6.07) is 6.94. The van der Waals surface area contributed by atoms with Crippen LogP contribution in [0.1, 0.15) is 18.5 Å². The lowest BCUT2D eigenvalue weighted by Gasteiger charge is -2.24. The van der Waals surface area contributed by atoms with E-state index in [1.54, 1.807) is 6.07 Å². The van der Waals surface area contributed by atoms with Crippen molar-refractivity contribution in [3.05, 3.63) is 36.3 Å². The van der Waals surface area contributed by atoms with Crippen LogP contribution in [0.2, 0.25) is 0 Å². The fourth-order valence-electron chi connectivity index (χ4n) is 3.27. The molecule has 0 aliphatic carbocycles. The Morgan fingerprint density at radius 2 is 2.16 bits per heavy atom. The van der Waals surface area contributed by atoms with Crippen molar-refractivity contribution in [1.82, 2.24) is 14.6 Å². The molecule has 31 heavy (non-hydrogen) atoms. The van der Waals surface area contributed by atoms with E-state index in [2.05, 4.69) is 16.7 Å². The van der Waals surface area contributed by atoms with Crippen molar-refractivity contribution in [3.63, 3.8) is 0 Å². The number of rotatable bonds is 9. The first-order chi connectivity index (χ1) is 14.8. The van der Waals surface area contributed by atoms with Gasteiger partial charge in [-0.05, 0) is 18.6 Å². The summed E-state index contributed by atoms with van der Waals surface area (Å²) >= 11 is 0. The lowest BCUT2D eigenvalue weighted by molar-refractivity contribution is -0.271. The number of hydrogen-bond acceptors (Lipinski definition) is 11. The predicted molar refractivity (Wildman–Crippen MR) is 103 cm³/mol. The molecule has 5 atom stereocenters. The Morgan fingerprint density at radius 1 is 1.39 bits per heavy atom. The number of aliphatic hydroxyl groups excluding tert-OH is 3. The van der Waals surface area contributed by atoms with Gasteiger partial charge in [-0.2, -0.15) is 15.6 Å². The molecule has 1 aliphatic rings. The van der Waals surface area contributed by atoms with Crippen LogP contribution in [0.15, 0.2) is 30.6 Å². The van der Waals surface area contributed by atoms with Crippen molar-refractivity contribution < 1.29 is 29.5 Å². The first kappa shape index (κ1) is 22.6. The first-order valence-electron chi connectivity index (χ1n) is 9.32. The third kappa shape index (κ3) is 4.35. The molecule has 0 amide bonds. The summed E-state index contributed by atoms with van der Waals surface area (Å²) < 4.78 is 17.2. The zero-order valence-corrected chi connectivity index (χ0v) is 16.5. The molecule has 0 radical (unpaired) electrons. The van der Waals surface area contributed by atoms with Gasteiger partial charge in [0.2, 0.25) is 5.60 Å². The van der Waals surface area contributed by atoms with E-state index in [1.165, 1.54) is 16.9 Å². The molecule has 0 aromatic carbocycles. The monoisotopic (exact) mass is 430 g/mol. The number of aromatic nitrogens is 3. The lowest BCUT2D eigenvalue weighted by atomic mass is 9.92. The maximum atomic E-state index is 10.6. The quantitative estimate of drug-likeness (QED) is 0.291. The molecule has 1 saturated heterocycles. The van der Waals surface area contributed by atoms with E-state index in [0.717, 1.165) is 0 Å². The van der Waals surface area contributed by atoms with Crippen LogP contribution >= 0.6 is 0 Å². The molecule has 0 saturated carbocycles. The van der Waals surface area contributed by atoms with Gasteiger partial charge >= 0.3 is 0 Å². The van der Waals surface area contributed by atoms with E-state index >= 15 is 0 Å². The smallest absolute Gasteiger partial charge is 0.269 e. The van der Waals surface area contributed by atoms with Gasteiger partial charge in [0, 0.05) is 6.42 Å². The highest BCUT2D eigenvalue weighted by Gasteiger charge is 2.57. The third-order valence-corrected chi connectivity index (χ3v) is 4.91. The van der Waals surface area contributed by atoms with Crippen LogP contribution in [-0.4, -0.2) is 67.9 Å². The highest BCUT2D eigenvalue weighted by atomic mass is 16.8. The minimum Gasteiger partial charge on any atom is -0.387 e. The van der Waals surface area contributed by atoms with Crippen LogP contribution in [0.5, 0.6) is 0 Å². The normalized spacial score (nSPS) is 26.4. The van der Waals surface area contributed by atoms with Gasteiger partial charge in [0.25, 0.3) is 6.48 Å². The molecule has 3 rings (SSSR count). The molecule has 0 bridgehead atoms. The Balaban J connectivity index is 1.68. The molecule has 12 nitrogen and oxygen atoms in total. The predicted octanol–water partition coefficient (Wildman–Crippen LogP) is -0.680. The van der Waals surface area contributed by atoms with Crippen molar-refractivity contribution in [2.45, 2.75) is 43.2 Å². The second kappa shape index (κ2) is 9.36. The number of aliphatic hydroxyl groups is 3. The molecule has 164 valence electrons. The topological polar surface area (TPSA) is 192 Å². The minimum atomic E-state index is -1.96. The van der Waals surface area contributed by atoms with Gasteiger partial charge in [-0.3, -0.25) is 0 Å². The Morgan fingerprint density at radius 3 is 2.87 bits per heavy atom. The van der Waals surface area contributed by atoms with Gasteiger partial charge in [0.05, 0.1) is 25.0 Å². The van der Waals surface area contributed by atoms with E-state index < -0.39 is 30.4 Å². The van der Waals surface area contributed by atoms with Crippen LogP contribution in [0, 0.1) is 22.7 Å². The van der Waals surface area contributed by atoms with Gasteiger partial charge in [-0.25, -0.2) is 9.50 Å². The number of fused-ring (bicyclic) bond motifs is 1. The van der Waals surface area contributed by atoms with Crippen molar-refractivity contribution in [2.75, 3.05) is 18.9 Å². The summed E-state index contributed by atoms with van der Waals surface area (Å²) in [7, 11) is 0. The van der Waals surface area contributed by atoms with Crippen molar-refractivity contribution in [2.24, 2.45) is 0 Å². The SMILES string of the molecule is C=C(CCC#N)COC(O)OC[C@H]1O[C@@](C#N)(c2ccc3c(N)ncnn23)[C@H](O)[C@@H]1O. The van der Waals surface area contributed by atoms with Crippen molar-refractivity contribution in [1.29, 1.82) is 10.5 Å². The number of nitrogen functional groups attached to an aromatic ring is 1. The highest BCUT2D eigenvalue weighted by molar-refractivity contribution is 5.66. The summed E-state index contributed by atoms with van der Waals surface area (Å²) in [5.74, 6) is 0.166. The van der Waals surface area contributed by atoms with E-state index in [4.69, 9.17) is 25.2 Å². The van der Waals surface area contributed by atoms with Crippen LogP contribution in [0.3, 0.4) is 0 Å². The summed E-state index contributed by atoms with van der Waals surface area (Å²) in [6.45, 7) is 1.64. The van der Waals surface area contributed by atoms with Crippen molar-refractivity contribution >= 4 is 11.3 Å². The van der Waals surface area contributed by atoms with Crippen LogP contribution in [-0.2, 0) is 19.8 Å². The molecule has 5 N–H and O–H groups in total. The summed E-state index contributed by atoms with van der Waals surface area (Å²) in [5, 5.41) is 53.3. The van der Waals surface area contributed by atoms with Gasteiger partial charge in [0.15, 0.2) is 5.82 Å². The molecule has 3 heterocycles. The molecule has 1 unspecified atom stereocenters. The van der Waals surface area contributed by atoms with Crippen LogP contribution in [0.4, 0.5) is 5.82 Å². The molecular formula is C19H22N6O6. The van der Waals surface area contributed by atoms with Gasteiger partial charge in [0.1, 0.15) is 36.2 Å². The van der Waals surface area contributed by atoms with E-state index in [-0.39, 0.29) is 31.1 Å². The van der Waals surface area contributed by atoms with Crippen LogP contribution in [0.25, 0.3) is 5.52 Å². The first-order valence-corrected chi connectivity index (χ1v) is 9.32. The number of nitrogens with zero attached hydrogens (tertiary/aromatic N) is 5. The van der Waals surface area contributed by atoms with E-state index in [0.29, 0.717) is 17.5 Å². The Hall–Kier alpha value is -3.10. The Bertz CT molecular complexity index is 1030. The number of ether oxygens (including phenoxy) is 3. The fourth-order valence-corrected chi connectivity index (χ4v) is 3.27. The summed E-state index contributed by atoms with van der Waals surface area (Å²) in [5.41, 5.74) is 5.00. The number of hydrogen-bond donors (Lipinski definition) is 4. The van der Waals surface area contributed by atoms with Crippen LogP contribution < -0.4 is 5.73 Å².